The van der Waals surface area contributed by atoms with Gasteiger partial charge in [-0.3, -0.25) is 0 Å². The van der Waals surface area contributed by atoms with E-state index in [1.807, 2.05) is 5.32 Å². The highest BCUT2D eigenvalue weighted by Crippen LogP contribution is 2.44. The van der Waals surface area contributed by atoms with E-state index in [9.17, 15) is 22.0 Å². The topological polar surface area (TPSA) is 33.6 Å². The Morgan fingerprint density at radius 1 is 1.10 bits per heavy atom. The standard InChI is InChI=1S/C12H11F5N2O/c13-11(14,12(15,16)17)9(8-4-2-1-3-5-8)19-10-18-6-7-20-10/h1-5,9H,6-7H2,(H,18,19). The quantitative estimate of drug-likeness (QED) is 0.870. The van der Waals surface area contributed by atoms with Gasteiger partial charge in [0.05, 0.1) is 6.54 Å². The largest absolute Gasteiger partial charge is 0.463 e. The third-order valence-corrected chi connectivity index (χ3v) is 2.73. The number of halogens is 5. The van der Waals surface area contributed by atoms with Crippen molar-refractivity contribution in [1.29, 1.82) is 0 Å². The minimum absolute atomic E-state index is 0.154. The maximum Gasteiger partial charge on any atom is 0.455 e. The van der Waals surface area contributed by atoms with E-state index in [-0.39, 0.29) is 24.7 Å². The Balaban J connectivity index is 2.34. The van der Waals surface area contributed by atoms with Crippen LogP contribution in [0.25, 0.3) is 0 Å². The zero-order valence-corrected chi connectivity index (χ0v) is 10.1. The molecule has 1 aromatic rings. The molecule has 110 valence electrons. The highest BCUT2D eigenvalue weighted by Gasteiger charge is 2.63. The molecule has 20 heavy (non-hydrogen) atoms. The number of alkyl halides is 5. The van der Waals surface area contributed by atoms with Crippen molar-refractivity contribution < 1.29 is 26.7 Å². The Hall–Kier alpha value is -1.86. The van der Waals surface area contributed by atoms with Crippen molar-refractivity contribution in [2.45, 2.75) is 18.1 Å². The summed E-state index contributed by atoms with van der Waals surface area (Å²) in [7, 11) is 0. The van der Waals surface area contributed by atoms with Crippen LogP contribution in [-0.2, 0) is 4.74 Å². The first-order valence-electron chi connectivity index (χ1n) is 5.75. The molecule has 0 aliphatic carbocycles. The number of ether oxygens (including phenoxy) is 1. The van der Waals surface area contributed by atoms with Gasteiger partial charge in [0.1, 0.15) is 12.6 Å². The van der Waals surface area contributed by atoms with E-state index in [1.165, 1.54) is 30.3 Å². The molecule has 1 aromatic carbocycles. The molecule has 0 fully saturated rings. The third-order valence-electron chi connectivity index (χ3n) is 2.73. The second-order valence-electron chi connectivity index (χ2n) is 4.14. The maximum absolute atomic E-state index is 13.6. The highest BCUT2D eigenvalue weighted by molar-refractivity contribution is 5.75. The number of hydrogen-bond acceptors (Lipinski definition) is 3. The predicted molar refractivity (Wildman–Crippen MR) is 61.6 cm³/mol. The molecule has 1 heterocycles. The molecular formula is C12H11F5N2O. The number of aliphatic imine (C=N–C) groups is 1. The molecule has 0 radical (unpaired) electrons. The smallest absolute Gasteiger partial charge is 0.455 e. The third kappa shape index (κ3) is 2.83. The molecule has 0 saturated heterocycles. The number of nitrogens with zero attached hydrogens (tertiary/aromatic N) is 1. The van der Waals surface area contributed by atoms with Crippen LogP contribution in [0.3, 0.4) is 0 Å². The Bertz CT molecular complexity index is 486. The van der Waals surface area contributed by atoms with Gasteiger partial charge in [0.15, 0.2) is 0 Å². The zero-order valence-electron chi connectivity index (χ0n) is 10.1. The lowest BCUT2D eigenvalue weighted by molar-refractivity contribution is -0.293. The van der Waals surface area contributed by atoms with Crippen molar-refractivity contribution in [2.75, 3.05) is 13.2 Å². The van der Waals surface area contributed by atoms with Gasteiger partial charge in [0.25, 0.3) is 6.02 Å². The Morgan fingerprint density at radius 3 is 2.25 bits per heavy atom. The lowest BCUT2D eigenvalue weighted by Crippen LogP contribution is -2.49. The monoisotopic (exact) mass is 294 g/mol. The van der Waals surface area contributed by atoms with Gasteiger partial charge in [-0.1, -0.05) is 30.3 Å². The summed E-state index contributed by atoms with van der Waals surface area (Å²) >= 11 is 0. The molecule has 8 heteroatoms. The first kappa shape index (κ1) is 14.5. The fraction of sp³-hybridized carbons (Fsp3) is 0.417. The molecule has 2 rings (SSSR count). The first-order valence-corrected chi connectivity index (χ1v) is 5.75. The van der Waals surface area contributed by atoms with Crippen LogP contribution in [0.15, 0.2) is 35.3 Å². The van der Waals surface area contributed by atoms with Crippen molar-refractivity contribution in [3.63, 3.8) is 0 Å². The van der Waals surface area contributed by atoms with Crippen molar-refractivity contribution >= 4 is 6.02 Å². The van der Waals surface area contributed by atoms with Crippen LogP contribution >= 0.6 is 0 Å². The Kier molecular flexibility index (Phi) is 3.82. The first-order chi connectivity index (χ1) is 9.32. The predicted octanol–water partition coefficient (Wildman–Crippen LogP) is 2.90. The highest BCUT2D eigenvalue weighted by atomic mass is 19.4. The zero-order chi connectivity index (χ0) is 14.8. The van der Waals surface area contributed by atoms with Crippen LogP contribution in [0.4, 0.5) is 22.0 Å². The van der Waals surface area contributed by atoms with Crippen LogP contribution in [0.2, 0.25) is 0 Å². The molecule has 1 atom stereocenters. The summed E-state index contributed by atoms with van der Waals surface area (Å²) in [4.78, 5) is 3.68. The van der Waals surface area contributed by atoms with Gasteiger partial charge < -0.3 is 10.1 Å². The van der Waals surface area contributed by atoms with E-state index < -0.39 is 18.1 Å². The molecule has 0 bridgehead atoms. The molecule has 3 nitrogen and oxygen atoms in total. The van der Waals surface area contributed by atoms with Gasteiger partial charge in [-0.25, -0.2) is 4.99 Å². The van der Waals surface area contributed by atoms with Crippen molar-refractivity contribution in [1.82, 2.24) is 5.32 Å². The SMILES string of the molecule is FC(F)(F)C(F)(F)C(NC1=NCCO1)c1ccccc1. The van der Waals surface area contributed by atoms with Crippen LogP contribution < -0.4 is 5.32 Å². The van der Waals surface area contributed by atoms with Crippen LogP contribution in [-0.4, -0.2) is 31.3 Å². The number of amidine groups is 1. The fourth-order valence-electron chi connectivity index (χ4n) is 1.74. The summed E-state index contributed by atoms with van der Waals surface area (Å²) < 4.78 is 69.8. The van der Waals surface area contributed by atoms with Crippen molar-refractivity contribution in [3.8, 4) is 0 Å². The molecule has 1 aliphatic rings. The number of rotatable bonds is 3. The normalized spacial score (nSPS) is 17.4. The molecule has 1 unspecified atom stereocenters. The summed E-state index contributed by atoms with van der Waals surface area (Å²) in [6, 6.07) is 4.07. The summed E-state index contributed by atoms with van der Waals surface area (Å²) in [5.74, 6) is -4.96. The summed E-state index contributed by atoms with van der Waals surface area (Å²) in [6.07, 6.45) is -5.68. The summed E-state index contributed by atoms with van der Waals surface area (Å²) in [6.45, 7) is 0.378. The van der Waals surface area contributed by atoms with Gasteiger partial charge in [-0.15, -0.1) is 0 Å². The van der Waals surface area contributed by atoms with Crippen LogP contribution in [0, 0.1) is 0 Å². The fourth-order valence-corrected chi connectivity index (χ4v) is 1.74. The van der Waals surface area contributed by atoms with Crippen LogP contribution in [0.1, 0.15) is 11.6 Å². The van der Waals surface area contributed by atoms with E-state index in [0.29, 0.717) is 0 Å². The lowest BCUT2D eigenvalue weighted by atomic mass is 10.0. The summed E-state index contributed by atoms with van der Waals surface area (Å²) in [5.41, 5.74) is -0.201. The van der Waals surface area contributed by atoms with Crippen LogP contribution in [0.5, 0.6) is 0 Å². The molecule has 1 N–H and O–H groups in total. The maximum atomic E-state index is 13.6. The second-order valence-corrected chi connectivity index (χ2v) is 4.14. The summed E-state index contributed by atoms with van der Waals surface area (Å²) in [5, 5.41) is 2.04. The van der Waals surface area contributed by atoms with E-state index in [4.69, 9.17) is 4.74 Å². The number of benzene rings is 1. The lowest BCUT2D eigenvalue weighted by Gasteiger charge is -2.29. The Labute approximate surface area is 111 Å². The van der Waals surface area contributed by atoms with Crippen molar-refractivity contribution in [2.24, 2.45) is 4.99 Å². The second kappa shape index (κ2) is 5.26. The number of hydrogen-bond donors (Lipinski definition) is 1. The minimum Gasteiger partial charge on any atom is -0.463 e. The van der Waals surface area contributed by atoms with Gasteiger partial charge in [-0.05, 0) is 5.56 Å². The molecular weight excluding hydrogens is 283 g/mol. The van der Waals surface area contributed by atoms with Crippen molar-refractivity contribution in [3.05, 3.63) is 35.9 Å². The van der Waals surface area contributed by atoms with E-state index in [0.717, 1.165) is 0 Å². The van der Waals surface area contributed by atoms with E-state index >= 15 is 0 Å². The Morgan fingerprint density at radius 2 is 1.75 bits per heavy atom. The molecule has 0 aromatic heterocycles. The van der Waals surface area contributed by atoms with Gasteiger partial charge in [-0.2, -0.15) is 22.0 Å². The molecule has 0 spiro atoms. The van der Waals surface area contributed by atoms with Gasteiger partial charge >= 0.3 is 12.1 Å². The molecule has 0 amide bonds. The van der Waals surface area contributed by atoms with Gasteiger partial charge in [0.2, 0.25) is 0 Å². The van der Waals surface area contributed by atoms with Gasteiger partial charge in [0, 0.05) is 0 Å². The average molecular weight is 294 g/mol. The molecule has 1 aliphatic heterocycles. The average Bonchev–Trinajstić information content (AvgIpc) is 2.88. The molecule has 0 saturated carbocycles. The van der Waals surface area contributed by atoms with E-state index in [1.54, 1.807) is 0 Å². The van der Waals surface area contributed by atoms with E-state index in [2.05, 4.69) is 4.99 Å². The number of nitrogens with one attached hydrogen (secondary N) is 1. The minimum atomic E-state index is -5.68.